The first-order valence-electron chi connectivity index (χ1n) is 7.13. The highest BCUT2D eigenvalue weighted by atomic mass is 16.5. The van der Waals surface area contributed by atoms with Crippen LogP contribution in [0.4, 0.5) is 0 Å². The largest absolute Gasteiger partial charge is 0.493 e. The number of benzene rings is 1. The monoisotopic (exact) mass is 261 g/mol. The molecule has 1 amide bonds. The first-order chi connectivity index (χ1) is 9.15. The first-order valence-corrected chi connectivity index (χ1v) is 7.13. The zero-order valence-electron chi connectivity index (χ0n) is 11.8. The van der Waals surface area contributed by atoms with Gasteiger partial charge in [0.15, 0.2) is 0 Å². The Balaban J connectivity index is 1.68. The summed E-state index contributed by atoms with van der Waals surface area (Å²) in [6.07, 6.45) is 3.89. The SMILES string of the molecule is Cc1ccccc1OCCC(=O)NC1CCC(C)C1. The fourth-order valence-corrected chi connectivity index (χ4v) is 2.61. The van der Waals surface area contributed by atoms with Crippen molar-refractivity contribution in [1.82, 2.24) is 5.32 Å². The topological polar surface area (TPSA) is 38.3 Å². The predicted molar refractivity (Wildman–Crippen MR) is 76.2 cm³/mol. The lowest BCUT2D eigenvalue weighted by Crippen LogP contribution is -2.33. The molecule has 1 aromatic rings. The van der Waals surface area contributed by atoms with E-state index >= 15 is 0 Å². The molecule has 1 aliphatic rings. The maximum absolute atomic E-state index is 11.8. The van der Waals surface area contributed by atoms with Crippen molar-refractivity contribution < 1.29 is 9.53 Å². The fraction of sp³-hybridized carbons (Fsp3) is 0.562. The minimum atomic E-state index is 0.104. The standard InChI is InChI=1S/C16H23NO2/c1-12-7-8-14(11-12)17-16(18)9-10-19-15-6-4-3-5-13(15)2/h3-6,12,14H,7-11H2,1-2H3,(H,17,18). The Kier molecular flexibility index (Phi) is 4.83. The molecule has 0 radical (unpaired) electrons. The molecule has 19 heavy (non-hydrogen) atoms. The molecule has 0 aromatic heterocycles. The van der Waals surface area contributed by atoms with Gasteiger partial charge in [0.05, 0.1) is 13.0 Å². The van der Waals surface area contributed by atoms with Crippen LogP contribution in [0.15, 0.2) is 24.3 Å². The van der Waals surface area contributed by atoms with Crippen molar-refractivity contribution in [3.8, 4) is 5.75 Å². The van der Waals surface area contributed by atoms with Gasteiger partial charge in [0.2, 0.25) is 5.91 Å². The Hall–Kier alpha value is -1.51. The van der Waals surface area contributed by atoms with Crippen molar-refractivity contribution in [3.63, 3.8) is 0 Å². The smallest absolute Gasteiger partial charge is 0.223 e. The van der Waals surface area contributed by atoms with E-state index in [9.17, 15) is 4.79 Å². The third-order valence-electron chi connectivity index (χ3n) is 3.74. The molecule has 3 nitrogen and oxygen atoms in total. The van der Waals surface area contributed by atoms with Crippen LogP contribution >= 0.6 is 0 Å². The van der Waals surface area contributed by atoms with Crippen molar-refractivity contribution in [2.45, 2.75) is 45.6 Å². The molecule has 0 saturated heterocycles. The Morgan fingerprint density at radius 2 is 2.16 bits per heavy atom. The number of nitrogens with one attached hydrogen (secondary N) is 1. The normalized spacial score (nSPS) is 22.2. The van der Waals surface area contributed by atoms with E-state index in [0.29, 0.717) is 19.1 Å². The van der Waals surface area contributed by atoms with Gasteiger partial charge < -0.3 is 10.1 Å². The molecular formula is C16H23NO2. The van der Waals surface area contributed by atoms with Crippen LogP contribution in [0, 0.1) is 12.8 Å². The average Bonchev–Trinajstić information content (AvgIpc) is 2.77. The second-order valence-corrected chi connectivity index (χ2v) is 5.55. The number of hydrogen-bond acceptors (Lipinski definition) is 2. The second-order valence-electron chi connectivity index (χ2n) is 5.55. The molecule has 2 unspecified atom stereocenters. The van der Waals surface area contributed by atoms with Crippen molar-refractivity contribution in [3.05, 3.63) is 29.8 Å². The lowest BCUT2D eigenvalue weighted by Gasteiger charge is -2.13. The van der Waals surface area contributed by atoms with E-state index in [0.717, 1.165) is 30.1 Å². The number of amides is 1. The summed E-state index contributed by atoms with van der Waals surface area (Å²) in [6, 6.07) is 8.25. The molecule has 2 rings (SSSR count). The van der Waals surface area contributed by atoms with Gasteiger partial charge in [-0.2, -0.15) is 0 Å². The van der Waals surface area contributed by atoms with Crippen LogP contribution in [-0.2, 0) is 4.79 Å². The Morgan fingerprint density at radius 3 is 2.84 bits per heavy atom. The summed E-state index contributed by atoms with van der Waals surface area (Å²) in [5.41, 5.74) is 1.10. The van der Waals surface area contributed by atoms with Gasteiger partial charge in [-0.25, -0.2) is 0 Å². The Bertz CT molecular complexity index is 431. The number of carbonyl (C=O) groups is 1. The molecule has 1 aromatic carbocycles. The number of rotatable bonds is 5. The number of aryl methyl sites for hydroxylation is 1. The van der Waals surface area contributed by atoms with E-state index in [2.05, 4.69) is 12.2 Å². The molecule has 0 heterocycles. The van der Waals surface area contributed by atoms with Gasteiger partial charge in [0.25, 0.3) is 0 Å². The van der Waals surface area contributed by atoms with E-state index in [1.54, 1.807) is 0 Å². The van der Waals surface area contributed by atoms with Gasteiger partial charge in [0, 0.05) is 6.04 Å². The maximum atomic E-state index is 11.8. The molecule has 2 atom stereocenters. The summed E-state index contributed by atoms with van der Waals surface area (Å²) in [5.74, 6) is 1.71. The van der Waals surface area contributed by atoms with Crippen LogP contribution in [0.3, 0.4) is 0 Å². The first kappa shape index (κ1) is 13.9. The number of para-hydroxylation sites is 1. The van der Waals surface area contributed by atoms with Crippen molar-refractivity contribution in [1.29, 1.82) is 0 Å². The molecular weight excluding hydrogens is 238 g/mol. The van der Waals surface area contributed by atoms with Crippen LogP contribution in [0.2, 0.25) is 0 Å². The fourth-order valence-electron chi connectivity index (χ4n) is 2.61. The van der Waals surface area contributed by atoms with E-state index in [4.69, 9.17) is 4.74 Å². The molecule has 0 aliphatic heterocycles. The third kappa shape index (κ3) is 4.27. The van der Waals surface area contributed by atoms with Crippen LogP contribution < -0.4 is 10.1 Å². The second kappa shape index (κ2) is 6.60. The quantitative estimate of drug-likeness (QED) is 0.884. The van der Waals surface area contributed by atoms with E-state index in [1.165, 1.54) is 6.42 Å². The predicted octanol–water partition coefficient (Wildman–Crippen LogP) is 3.07. The lowest BCUT2D eigenvalue weighted by molar-refractivity contribution is -0.122. The summed E-state index contributed by atoms with van der Waals surface area (Å²) in [7, 11) is 0. The summed E-state index contributed by atoms with van der Waals surface area (Å²) < 4.78 is 5.63. The van der Waals surface area contributed by atoms with Gasteiger partial charge in [-0.3, -0.25) is 4.79 Å². The van der Waals surface area contributed by atoms with Gasteiger partial charge in [-0.05, 0) is 43.7 Å². The molecule has 3 heteroatoms. The molecule has 1 aliphatic carbocycles. The minimum Gasteiger partial charge on any atom is -0.493 e. The van der Waals surface area contributed by atoms with Gasteiger partial charge in [-0.1, -0.05) is 25.1 Å². The maximum Gasteiger partial charge on any atom is 0.223 e. The highest BCUT2D eigenvalue weighted by molar-refractivity contribution is 5.76. The molecule has 1 fully saturated rings. The molecule has 0 bridgehead atoms. The summed E-state index contributed by atoms with van der Waals surface area (Å²) >= 11 is 0. The summed E-state index contributed by atoms with van der Waals surface area (Å²) in [5, 5.41) is 3.09. The van der Waals surface area contributed by atoms with Gasteiger partial charge >= 0.3 is 0 Å². The van der Waals surface area contributed by atoms with Crippen molar-refractivity contribution in [2.24, 2.45) is 5.92 Å². The number of hydrogen-bond donors (Lipinski definition) is 1. The molecule has 1 saturated carbocycles. The van der Waals surface area contributed by atoms with Crippen molar-refractivity contribution >= 4 is 5.91 Å². The van der Waals surface area contributed by atoms with E-state index in [-0.39, 0.29) is 5.91 Å². The molecule has 0 spiro atoms. The van der Waals surface area contributed by atoms with Gasteiger partial charge in [-0.15, -0.1) is 0 Å². The van der Waals surface area contributed by atoms with E-state index in [1.807, 2.05) is 31.2 Å². The van der Waals surface area contributed by atoms with Crippen LogP contribution in [-0.4, -0.2) is 18.6 Å². The molecule has 1 N–H and O–H groups in total. The van der Waals surface area contributed by atoms with Gasteiger partial charge in [0.1, 0.15) is 5.75 Å². The van der Waals surface area contributed by atoms with E-state index < -0.39 is 0 Å². The zero-order chi connectivity index (χ0) is 13.7. The summed E-state index contributed by atoms with van der Waals surface area (Å²) in [6.45, 7) is 4.70. The Morgan fingerprint density at radius 1 is 1.37 bits per heavy atom. The Labute approximate surface area is 115 Å². The van der Waals surface area contributed by atoms with Crippen LogP contribution in [0.1, 0.15) is 38.2 Å². The highest BCUT2D eigenvalue weighted by Crippen LogP contribution is 2.24. The highest BCUT2D eigenvalue weighted by Gasteiger charge is 2.22. The number of ether oxygens (including phenoxy) is 1. The summed E-state index contributed by atoms with van der Waals surface area (Å²) in [4.78, 5) is 11.8. The average molecular weight is 261 g/mol. The van der Waals surface area contributed by atoms with Crippen LogP contribution in [0.5, 0.6) is 5.75 Å². The zero-order valence-corrected chi connectivity index (χ0v) is 11.8. The molecule has 104 valence electrons. The van der Waals surface area contributed by atoms with Crippen LogP contribution in [0.25, 0.3) is 0 Å². The third-order valence-corrected chi connectivity index (χ3v) is 3.74. The van der Waals surface area contributed by atoms with Crippen molar-refractivity contribution in [2.75, 3.05) is 6.61 Å². The minimum absolute atomic E-state index is 0.104. The lowest BCUT2D eigenvalue weighted by atomic mass is 10.1. The number of carbonyl (C=O) groups excluding carboxylic acids is 1.